The highest BCUT2D eigenvalue weighted by atomic mass is 19.4. The van der Waals surface area contributed by atoms with Crippen molar-refractivity contribution < 1.29 is 23.1 Å². The summed E-state index contributed by atoms with van der Waals surface area (Å²) in [4.78, 5) is 10.3. The van der Waals surface area contributed by atoms with Gasteiger partial charge in [0.15, 0.2) is 0 Å². The van der Waals surface area contributed by atoms with E-state index in [0.29, 0.717) is 12.8 Å². The molecule has 1 aliphatic carbocycles. The van der Waals surface area contributed by atoms with Crippen LogP contribution in [0.1, 0.15) is 32.1 Å². The van der Waals surface area contributed by atoms with Crippen LogP contribution in [0.3, 0.4) is 0 Å². The van der Waals surface area contributed by atoms with Gasteiger partial charge < -0.3 is 5.11 Å². The van der Waals surface area contributed by atoms with Gasteiger partial charge in [-0.1, -0.05) is 6.42 Å². The third kappa shape index (κ3) is 3.20. The van der Waals surface area contributed by atoms with Crippen LogP contribution in [0.2, 0.25) is 0 Å². The first kappa shape index (κ1) is 11.3. The Morgan fingerprint density at radius 3 is 2.50 bits per heavy atom. The van der Waals surface area contributed by atoms with E-state index < -0.39 is 18.1 Å². The molecule has 0 bridgehead atoms. The van der Waals surface area contributed by atoms with Gasteiger partial charge in [0.05, 0.1) is 5.92 Å². The summed E-state index contributed by atoms with van der Waals surface area (Å²) < 4.78 is 36.9. The van der Waals surface area contributed by atoms with Crippen LogP contribution >= 0.6 is 0 Å². The van der Waals surface area contributed by atoms with Gasteiger partial charge in [0.2, 0.25) is 0 Å². The summed E-state index contributed by atoms with van der Waals surface area (Å²) in [6.07, 6.45) is -3.06. The Hall–Kier alpha value is -0.740. The number of aliphatic carboxylic acids is 1. The second-order valence-corrected chi connectivity index (χ2v) is 3.87. The molecule has 1 rings (SSSR count). The van der Waals surface area contributed by atoms with E-state index in [1.807, 2.05) is 0 Å². The minimum absolute atomic E-state index is 0.0181. The van der Waals surface area contributed by atoms with Gasteiger partial charge >= 0.3 is 12.1 Å². The van der Waals surface area contributed by atoms with Crippen LogP contribution in [0.25, 0.3) is 0 Å². The lowest BCUT2D eigenvalue weighted by atomic mass is 9.79. The minimum atomic E-state index is -4.16. The fourth-order valence-corrected chi connectivity index (χ4v) is 2.02. The molecule has 1 fully saturated rings. The van der Waals surface area contributed by atoms with Crippen LogP contribution in [0, 0.1) is 11.8 Å². The van der Waals surface area contributed by atoms with E-state index in [9.17, 15) is 18.0 Å². The van der Waals surface area contributed by atoms with Crippen molar-refractivity contribution in [1.82, 2.24) is 0 Å². The van der Waals surface area contributed by atoms with E-state index in [4.69, 9.17) is 5.11 Å². The number of alkyl halides is 3. The first-order valence-electron chi connectivity index (χ1n) is 4.68. The summed E-state index contributed by atoms with van der Waals surface area (Å²) in [6.45, 7) is 0. The molecule has 82 valence electrons. The van der Waals surface area contributed by atoms with E-state index in [1.165, 1.54) is 0 Å². The van der Waals surface area contributed by atoms with Crippen molar-refractivity contribution in [1.29, 1.82) is 0 Å². The standard InChI is InChI=1S/C9H13F3O2/c10-9(11,12)7-3-1-2-6(4-7)5-8(13)14/h6-7H,1-5H2,(H,13,14)/t6-,7+/m1/s1. The molecule has 14 heavy (non-hydrogen) atoms. The molecular formula is C9H13F3O2. The third-order valence-corrected chi connectivity index (χ3v) is 2.71. The lowest BCUT2D eigenvalue weighted by Gasteiger charge is -2.29. The molecule has 2 nitrogen and oxygen atoms in total. The zero-order valence-electron chi connectivity index (χ0n) is 7.68. The summed E-state index contributed by atoms with van der Waals surface area (Å²) in [6, 6.07) is 0. The zero-order valence-corrected chi connectivity index (χ0v) is 7.68. The normalized spacial score (nSPS) is 28.8. The van der Waals surface area contributed by atoms with Crippen molar-refractivity contribution in [3.8, 4) is 0 Å². The maximum Gasteiger partial charge on any atom is 0.391 e. The minimum Gasteiger partial charge on any atom is -0.481 e. The van der Waals surface area contributed by atoms with Crippen LogP contribution in [0.15, 0.2) is 0 Å². The van der Waals surface area contributed by atoms with E-state index in [2.05, 4.69) is 0 Å². The van der Waals surface area contributed by atoms with Gasteiger partial charge in [0.1, 0.15) is 0 Å². The molecule has 0 radical (unpaired) electrons. The van der Waals surface area contributed by atoms with Gasteiger partial charge in [-0.15, -0.1) is 0 Å². The summed E-state index contributed by atoms with van der Waals surface area (Å²) in [5, 5.41) is 8.47. The fraction of sp³-hybridized carbons (Fsp3) is 0.889. The Morgan fingerprint density at radius 1 is 1.36 bits per heavy atom. The highest BCUT2D eigenvalue weighted by Gasteiger charge is 2.42. The highest BCUT2D eigenvalue weighted by molar-refractivity contribution is 5.67. The number of rotatable bonds is 2. The smallest absolute Gasteiger partial charge is 0.391 e. The molecular weight excluding hydrogens is 197 g/mol. The predicted molar refractivity (Wildman–Crippen MR) is 43.8 cm³/mol. The Labute approximate surface area is 80.1 Å². The topological polar surface area (TPSA) is 37.3 Å². The van der Waals surface area contributed by atoms with Crippen molar-refractivity contribution in [2.45, 2.75) is 38.3 Å². The van der Waals surface area contributed by atoms with E-state index in [1.54, 1.807) is 0 Å². The van der Waals surface area contributed by atoms with E-state index in [-0.39, 0.29) is 25.2 Å². The molecule has 0 aliphatic heterocycles. The fourth-order valence-electron chi connectivity index (χ4n) is 2.02. The average molecular weight is 210 g/mol. The molecule has 0 unspecified atom stereocenters. The molecule has 2 atom stereocenters. The van der Waals surface area contributed by atoms with Crippen LogP contribution in [-0.4, -0.2) is 17.3 Å². The van der Waals surface area contributed by atoms with Crippen molar-refractivity contribution in [2.75, 3.05) is 0 Å². The second kappa shape index (κ2) is 4.19. The number of carbonyl (C=O) groups is 1. The number of carboxylic acid groups (broad SMARTS) is 1. The molecule has 1 saturated carbocycles. The van der Waals surface area contributed by atoms with Crippen LogP contribution in [-0.2, 0) is 4.79 Å². The molecule has 1 N–H and O–H groups in total. The Kier molecular flexibility index (Phi) is 3.39. The number of halogens is 3. The monoisotopic (exact) mass is 210 g/mol. The van der Waals surface area contributed by atoms with Gasteiger partial charge in [-0.2, -0.15) is 13.2 Å². The first-order chi connectivity index (χ1) is 6.39. The Morgan fingerprint density at radius 2 is 2.00 bits per heavy atom. The molecule has 0 spiro atoms. The van der Waals surface area contributed by atoms with E-state index >= 15 is 0 Å². The van der Waals surface area contributed by atoms with Crippen molar-refractivity contribution in [2.24, 2.45) is 11.8 Å². The SMILES string of the molecule is O=C(O)C[C@@H]1CCC[C@H](C(F)(F)F)C1. The van der Waals surface area contributed by atoms with Gasteiger partial charge in [-0.05, 0) is 25.2 Å². The van der Waals surface area contributed by atoms with Gasteiger partial charge in [0.25, 0.3) is 0 Å². The number of hydrogen-bond donors (Lipinski definition) is 1. The summed E-state index contributed by atoms with van der Waals surface area (Å²) in [5.41, 5.74) is 0. The molecule has 0 amide bonds. The molecule has 0 aromatic carbocycles. The number of hydrogen-bond acceptors (Lipinski definition) is 1. The van der Waals surface area contributed by atoms with Crippen molar-refractivity contribution >= 4 is 5.97 Å². The molecule has 0 saturated heterocycles. The summed E-state index contributed by atoms with van der Waals surface area (Å²) >= 11 is 0. The number of carboxylic acids is 1. The van der Waals surface area contributed by atoms with Gasteiger partial charge in [0, 0.05) is 6.42 Å². The first-order valence-corrected chi connectivity index (χ1v) is 4.68. The lowest BCUT2D eigenvalue weighted by molar-refractivity contribution is -0.186. The average Bonchev–Trinajstić information content (AvgIpc) is 2.01. The van der Waals surface area contributed by atoms with Crippen molar-refractivity contribution in [3.05, 3.63) is 0 Å². The summed E-state index contributed by atoms with van der Waals surface area (Å²) in [5.74, 6) is -2.59. The van der Waals surface area contributed by atoms with Crippen LogP contribution < -0.4 is 0 Å². The van der Waals surface area contributed by atoms with Gasteiger partial charge in [-0.3, -0.25) is 4.79 Å². The van der Waals surface area contributed by atoms with Crippen molar-refractivity contribution in [3.63, 3.8) is 0 Å². The zero-order chi connectivity index (χ0) is 10.8. The second-order valence-electron chi connectivity index (χ2n) is 3.87. The Bertz CT molecular complexity index is 213. The molecule has 1 aliphatic rings. The third-order valence-electron chi connectivity index (χ3n) is 2.71. The summed E-state index contributed by atoms with van der Waals surface area (Å²) in [7, 11) is 0. The van der Waals surface area contributed by atoms with Crippen LogP contribution in [0.5, 0.6) is 0 Å². The largest absolute Gasteiger partial charge is 0.481 e. The van der Waals surface area contributed by atoms with Gasteiger partial charge in [-0.25, -0.2) is 0 Å². The highest BCUT2D eigenvalue weighted by Crippen LogP contribution is 2.40. The Balaban J connectivity index is 2.48. The van der Waals surface area contributed by atoms with E-state index in [0.717, 1.165) is 0 Å². The quantitative estimate of drug-likeness (QED) is 0.760. The molecule has 0 heterocycles. The molecule has 5 heteroatoms. The lowest BCUT2D eigenvalue weighted by Crippen LogP contribution is -2.29. The van der Waals surface area contributed by atoms with Crippen LogP contribution in [0.4, 0.5) is 13.2 Å². The maximum atomic E-state index is 12.3. The predicted octanol–water partition coefficient (Wildman–Crippen LogP) is 2.83. The maximum absolute atomic E-state index is 12.3. The molecule has 0 aromatic rings. The molecule has 0 aromatic heterocycles.